The quantitative estimate of drug-likeness (QED) is 0.848. The third-order valence-electron chi connectivity index (χ3n) is 3.32. The number of hydrogen-bond acceptors (Lipinski definition) is 4. The maximum absolute atomic E-state index is 12.2. The van der Waals surface area contributed by atoms with Crippen molar-refractivity contribution in [3.05, 3.63) is 12.3 Å². The Morgan fingerprint density at radius 1 is 1.58 bits per heavy atom. The maximum Gasteiger partial charge on any atom is 0.245 e. The summed E-state index contributed by atoms with van der Waals surface area (Å²) >= 11 is 0. The number of aromatic nitrogens is 1. The summed E-state index contributed by atoms with van der Waals surface area (Å²) in [6, 6.07) is 1.79. The Balaban J connectivity index is 1.93. The molecule has 2 amide bonds. The van der Waals surface area contributed by atoms with Gasteiger partial charge in [-0.25, -0.2) is 0 Å². The van der Waals surface area contributed by atoms with Crippen molar-refractivity contribution in [3.63, 3.8) is 0 Å². The summed E-state index contributed by atoms with van der Waals surface area (Å²) in [4.78, 5) is 25.8. The first-order valence-electron chi connectivity index (χ1n) is 6.62. The van der Waals surface area contributed by atoms with Gasteiger partial charge in [0.25, 0.3) is 0 Å². The number of anilines is 1. The van der Waals surface area contributed by atoms with E-state index in [4.69, 9.17) is 0 Å². The van der Waals surface area contributed by atoms with E-state index in [9.17, 15) is 9.59 Å². The number of hydrogen-bond donors (Lipinski definition) is 1. The zero-order chi connectivity index (χ0) is 13.8. The highest BCUT2D eigenvalue weighted by Gasteiger charge is 2.35. The standard InChI is InChI=1S/C13H19N3O3/c1-3-9(2)13(18)16(10-4-5-10)8-12(17)14-11-6-7-19-15-11/h6-7,9-10H,3-5,8H2,1-2H3,(H,14,15,17). The second-order valence-electron chi connectivity index (χ2n) is 4.94. The zero-order valence-corrected chi connectivity index (χ0v) is 11.3. The lowest BCUT2D eigenvalue weighted by atomic mass is 10.1. The molecule has 0 saturated heterocycles. The van der Waals surface area contributed by atoms with E-state index < -0.39 is 0 Å². The molecule has 1 aromatic rings. The van der Waals surface area contributed by atoms with Gasteiger partial charge in [-0.15, -0.1) is 0 Å². The SMILES string of the molecule is CCC(C)C(=O)N(CC(=O)Nc1ccon1)C1CC1. The highest BCUT2D eigenvalue weighted by Crippen LogP contribution is 2.28. The van der Waals surface area contributed by atoms with E-state index in [0.717, 1.165) is 19.3 Å². The smallest absolute Gasteiger partial charge is 0.245 e. The average molecular weight is 265 g/mol. The molecule has 1 aliphatic carbocycles. The summed E-state index contributed by atoms with van der Waals surface area (Å²) in [7, 11) is 0. The minimum absolute atomic E-state index is 0.0412. The minimum Gasteiger partial charge on any atom is -0.363 e. The molecule has 0 radical (unpaired) electrons. The van der Waals surface area contributed by atoms with Crippen molar-refractivity contribution >= 4 is 17.6 Å². The van der Waals surface area contributed by atoms with Crippen LogP contribution in [0.3, 0.4) is 0 Å². The van der Waals surface area contributed by atoms with Crippen LogP contribution in [0.1, 0.15) is 33.1 Å². The lowest BCUT2D eigenvalue weighted by molar-refractivity contribution is -0.138. The zero-order valence-electron chi connectivity index (χ0n) is 11.3. The molecule has 2 rings (SSSR count). The molecule has 104 valence electrons. The molecule has 1 N–H and O–H groups in total. The number of carbonyl (C=O) groups is 2. The fourth-order valence-electron chi connectivity index (χ4n) is 1.84. The number of nitrogens with zero attached hydrogens (tertiary/aromatic N) is 2. The first-order valence-corrected chi connectivity index (χ1v) is 6.62. The lowest BCUT2D eigenvalue weighted by Gasteiger charge is -2.24. The molecule has 1 fully saturated rings. The molecule has 6 nitrogen and oxygen atoms in total. The average Bonchev–Trinajstić information content (AvgIpc) is 3.12. The first kappa shape index (κ1) is 13.6. The summed E-state index contributed by atoms with van der Waals surface area (Å²) in [5, 5.41) is 6.22. The lowest BCUT2D eigenvalue weighted by Crippen LogP contribution is -2.42. The van der Waals surface area contributed by atoms with Crippen molar-refractivity contribution < 1.29 is 14.1 Å². The molecular weight excluding hydrogens is 246 g/mol. The van der Waals surface area contributed by atoms with Gasteiger partial charge in [-0.1, -0.05) is 19.0 Å². The third kappa shape index (κ3) is 3.56. The molecule has 1 aliphatic rings. The normalized spacial score (nSPS) is 15.9. The second-order valence-corrected chi connectivity index (χ2v) is 4.94. The van der Waals surface area contributed by atoms with Gasteiger partial charge in [-0.2, -0.15) is 0 Å². The van der Waals surface area contributed by atoms with Gasteiger partial charge in [-0.3, -0.25) is 9.59 Å². The third-order valence-corrected chi connectivity index (χ3v) is 3.32. The monoisotopic (exact) mass is 265 g/mol. The molecular formula is C13H19N3O3. The van der Waals surface area contributed by atoms with Gasteiger partial charge in [0, 0.05) is 18.0 Å². The van der Waals surface area contributed by atoms with Crippen molar-refractivity contribution in [1.29, 1.82) is 0 Å². The van der Waals surface area contributed by atoms with Crippen molar-refractivity contribution in [1.82, 2.24) is 10.1 Å². The molecule has 1 heterocycles. The summed E-state index contributed by atoms with van der Waals surface area (Å²) in [5.41, 5.74) is 0. The Labute approximate surface area is 112 Å². The Kier molecular flexibility index (Phi) is 4.19. The van der Waals surface area contributed by atoms with Crippen LogP contribution in [0.5, 0.6) is 0 Å². The van der Waals surface area contributed by atoms with Gasteiger partial charge in [0.1, 0.15) is 12.8 Å². The Bertz CT molecular complexity index is 440. The highest BCUT2D eigenvalue weighted by molar-refractivity contribution is 5.94. The highest BCUT2D eigenvalue weighted by atomic mass is 16.5. The molecule has 6 heteroatoms. The fourth-order valence-corrected chi connectivity index (χ4v) is 1.84. The Morgan fingerprint density at radius 2 is 2.32 bits per heavy atom. The van der Waals surface area contributed by atoms with Gasteiger partial charge in [-0.05, 0) is 19.3 Å². The molecule has 0 aliphatic heterocycles. The van der Waals surface area contributed by atoms with Crippen LogP contribution in [0.25, 0.3) is 0 Å². The molecule has 1 saturated carbocycles. The van der Waals surface area contributed by atoms with Gasteiger partial charge >= 0.3 is 0 Å². The summed E-state index contributed by atoms with van der Waals surface area (Å²) in [6.07, 6.45) is 4.14. The minimum atomic E-state index is -0.238. The van der Waals surface area contributed by atoms with Crippen LogP contribution in [0.4, 0.5) is 5.82 Å². The molecule has 0 spiro atoms. The number of amides is 2. The summed E-state index contributed by atoms with van der Waals surface area (Å²) < 4.78 is 4.64. The van der Waals surface area contributed by atoms with Gasteiger partial charge < -0.3 is 14.7 Å². The van der Waals surface area contributed by atoms with Crippen LogP contribution in [0.2, 0.25) is 0 Å². The van der Waals surface area contributed by atoms with Crippen LogP contribution < -0.4 is 5.32 Å². The summed E-state index contributed by atoms with van der Waals surface area (Å²) in [5.74, 6) is 0.148. The van der Waals surface area contributed by atoms with E-state index in [0.29, 0.717) is 5.82 Å². The topological polar surface area (TPSA) is 75.4 Å². The molecule has 19 heavy (non-hydrogen) atoms. The van der Waals surface area contributed by atoms with E-state index in [-0.39, 0.29) is 30.3 Å². The van der Waals surface area contributed by atoms with Crippen molar-refractivity contribution in [3.8, 4) is 0 Å². The van der Waals surface area contributed by atoms with E-state index in [1.165, 1.54) is 6.26 Å². The molecule has 1 atom stereocenters. The maximum atomic E-state index is 12.2. The largest absolute Gasteiger partial charge is 0.363 e. The molecule has 1 aromatic heterocycles. The summed E-state index contributed by atoms with van der Waals surface area (Å²) in [6.45, 7) is 3.96. The predicted octanol–water partition coefficient (Wildman–Crippen LogP) is 1.65. The number of nitrogens with one attached hydrogen (secondary N) is 1. The van der Waals surface area contributed by atoms with Gasteiger partial charge in [0.05, 0.1) is 0 Å². The van der Waals surface area contributed by atoms with Crippen molar-refractivity contribution in [2.24, 2.45) is 5.92 Å². The molecule has 0 bridgehead atoms. The van der Waals surface area contributed by atoms with E-state index in [2.05, 4.69) is 15.0 Å². The number of rotatable bonds is 6. The Hall–Kier alpha value is -1.85. The van der Waals surface area contributed by atoms with Crippen LogP contribution in [0.15, 0.2) is 16.9 Å². The van der Waals surface area contributed by atoms with Crippen molar-refractivity contribution in [2.75, 3.05) is 11.9 Å². The first-order chi connectivity index (χ1) is 9.11. The van der Waals surface area contributed by atoms with Crippen molar-refractivity contribution in [2.45, 2.75) is 39.2 Å². The van der Waals surface area contributed by atoms with Crippen LogP contribution in [-0.2, 0) is 9.59 Å². The molecule has 1 unspecified atom stereocenters. The fraction of sp³-hybridized carbons (Fsp3) is 0.615. The van der Waals surface area contributed by atoms with E-state index in [1.54, 1.807) is 11.0 Å². The predicted molar refractivity (Wildman–Crippen MR) is 69.3 cm³/mol. The van der Waals surface area contributed by atoms with E-state index in [1.807, 2.05) is 13.8 Å². The van der Waals surface area contributed by atoms with Gasteiger partial charge in [0.15, 0.2) is 5.82 Å². The van der Waals surface area contributed by atoms with Crippen LogP contribution >= 0.6 is 0 Å². The van der Waals surface area contributed by atoms with Crippen LogP contribution in [0, 0.1) is 5.92 Å². The van der Waals surface area contributed by atoms with E-state index >= 15 is 0 Å². The van der Waals surface area contributed by atoms with Gasteiger partial charge in [0.2, 0.25) is 11.8 Å². The second kappa shape index (κ2) is 5.86. The number of carbonyl (C=O) groups excluding carboxylic acids is 2. The Morgan fingerprint density at radius 3 is 2.84 bits per heavy atom. The van der Waals surface area contributed by atoms with Crippen LogP contribution in [-0.4, -0.2) is 34.5 Å². The molecule has 0 aromatic carbocycles.